The molecule has 2 fully saturated rings. The van der Waals surface area contributed by atoms with Gasteiger partial charge in [-0.05, 0) is 50.9 Å². The molecule has 1 aromatic heterocycles. The van der Waals surface area contributed by atoms with Crippen LogP contribution in [0.15, 0.2) is 24.4 Å². The number of halogens is 3. The highest BCUT2D eigenvalue weighted by molar-refractivity contribution is 6.35. The molecule has 2 aliphatic rings. The van der Waals surface area contributed by atoms with Crippen LogP contribution in [0.3, 0.4) is 0 Å². The van der Waals surface area contributed by atoms with Gasteiger partial charge >= 0.3 is 0 Å². The van der Waals surface area contributed by atoms with Gasteiger partial charge in [-0.15, -0.1) is 0 Å². The number of hydrogen-bond donors (Lipinski definition) is 2. The Labute approximate surface area is 203 Å². The summed E-state index contributed by atoms with van der Waals surface area (Å²) in [6.07, 6.45) is 3.57. The molecule has 3 heterocycles. The minimum Gasteiger partial charge on any atom is -0.362 e. The van der Waals surface area contributed by atoms with Crippen molar-refractivity contribution < 1.29 is 4.79 Å². The van der Waals surface area contributed by atoms with Crippen LogP contribution in [0.25, 0.3) is 0 Å². The van der Waals surface area contributed by atoms with E-state index in [1.54, 1.807) is 18.3 Å². The van der Waals surface area contributed by atoms with E-state index in [9.17, 15) is 4.79 Å². The summed E-state index contributed by atoms with van der Waals surface area (Å²) in [6.45, 7) is 6.94. The Kier molecular flexibility index (Phi) is 7.30. The van der Waals surface area contributed by atoms with Crippen molar-refractivity contribution >= 4 is 52.5 Å². The van der Waals surface area contributed by atoms with Crippen LogP contribution in [0.5, 0.6) is 0 Å². The van der Waals surface area contributed by atoms with Gasteiger partial charge in [0.1, 0.15) is 5.02 Å². The van der Waals surface area contributed by atoms with Gasteiger partial charge in [-0.3, -0.25) is 4.79 Å². The molecule has 1 aromatic carbocycles. The van der Waals surface area contributed by atoms with Gasteiger partial charge in [-0.2, -0.15) is 4.98 Å². The van der Waals surface area contributed by atoms with Gasteiger partial charge in [-0.1, -0.05) is 40.9 Å². The van der Waals surface area contributed by atoms with Gasteiger partial charge in [-0.25, -0.2) is 4.98 Å². The SMILES string of the molecule is C[C@@H](Nc1nc(N2CCN(C(=O)[C@H]3CCCN3)[C@@H](C)C2)ncc1Cl)c1ccc(Cl)cc1Cl. The molecule has 4 rings (SSSR count). The Balaban J connectivity index is 1.45. The molecule has 7 nitrogen and oxygen atoms in total. The third-order valence-corrected chi connectivity index (χ3v) is 6.90. The van der Waals surface area contributed by atoms with Crippen molar-refractivity contribution in [2.45, 2.75) is 44.8 Å². The molecule has 0 bridgehead atoms. The van der Waals surface area contributed by atoms with Gasteiger partial charge < -0.3 is 20.4 Å². The number of piperazine rings is 1. The van der Waals surface area contributed by atoms with E-state index in [2.05, 4.69) is 32.4 Å². The molecule has 0 saturated carbocycles. The predicted octanol–water partition coefficient (Wildman–Crippen LogP) is 4.40. The molecule has 2 N–H and O–H groups in total. The van der Waals surface area contributed by atoms with Gasteiger partial charge in [0.2, 0.25) is 11.9 Å². The zero-order chi connectivity index (χ0) is 22.8. The number of aromatic nitrogens is 2. The Morgan fingerprint density at radius 3 is 2.75 bits per heavy atom. The number of amides is 1. The molecular formula is C22H27Cl3N6O. The number of hydrogen-bond acceptors (Lipinski definition) is 6. The van der Waals surface area contributed by atoms with Crippen LogP contribution in [-0.2, 0) is 4.79 Å². The van der Waals surface area contributed by atoms with Crippen molar-refractivity contribution in [3.8, 4) is 0 Å². The summed E-state index contributed by atoms with van der Waals surface area (Å²) < 4.78 is 0. The highest BCUT2D eigenvalue weighted by atomic mass is 35.5. The van der Waals surface area contributed by atoms with E-state index in [0.29, 0.717) is 46.5 Å². The number of nitrogens with one attached hydrogen (secondary N) is 2. The summed E-state index contributed by atoms with van der Waals surface area (Å²) in [5, 5.41) is 8.23. The lowest BCUT2D eigenvalue weighted by Gasteiger charge is -2.41. The van der Waals surface area contributed by atoms with Crippen LogP contribution >= 0.6 is 34.8 Å². The minimum absolute atomic E-state index is 0.0484. The lowest BCUT2D eigenvalue weighted by molar-refractivity contribution is -0.135. The second-order valence-electron chi connectivity index (χ2n) is 8.37. The molecular weight excluding hydrogens is 471 g/mol. The molecule has 0 spiro atoms. The highest BCUT2D eigenvalue weighted by Crippen LogP contribution is 2.31. The first-order valence-electron chi connectivity index (χ1n) is 10.9. The van der Waals surface area contributed by atoms with E-state index in [1.807, 2.05) is 17.9 Å². The van der Waals surface area contributed by atoms with Gasteiger partial charge in [0.15, 0.2) is 5.82 Å². The third kappa shape index (κ3) is 5.06. The molecule has 0 radical (unpaired) electrons. The van der Waals surface area contributed by atoms with Crippen molar-refractivity contribution in [2.75, 3.05) is 36.4 Å². The predicted molar refractivity (Wildman–Crippen MR) is 130 cm³/mol. The number of benzene rings is 1. The summed E-state index contributed by atoms with van der Waals surface area (Å²) >= 11 is 18.7. The van der Waals surface area contributed by atoms with Crippen LogP contribution in [0.2, 0.25) is 15.1 Å². The Morgan fingerprint density at radius 2 is 2.06 bits per heavy atom. The van der Waals surface area contributed by atoms with E-state index in [0.717, 1.165) is 24.9 Å². The monoisotopic (exact) mass is 496 g/mol. The first-order valence-corrected chi connectivity index (χ1v) is 12.0. The molecule has 3 atom stereocenters. The smallest absolute Gasteiger partial charge is 0.240 e. The normalized spacial score (nSPS) is 22.2. The van der Waals surface area contributed by atoms with Crippen molar-refractivity contribution in [2.24, 2.45) is 0 Å². The molecule has 10 heteroatoms. The van der Waals surface area contributed by atoms with Crippen LogP contribution in [0.4, 0.5) is 11.8 Å². The fraction of sp³-hybridized carbons (Fsp3) is 0.500. The average molecular weight is 498 g/mol. The van der Waals surface area contributed by atoms with Crippen molar-refractivity contribution in [3.05, 3.63) is 45.0 Å². The number of carbonyl (C=O) groups is 1. The maximum absolute atomic E-state index is 12.8. The molecule has 172 valence electrons. The fourth-order valence-corrected chi connectivity index (χ4v) is 5.03. The maximum Gasteiger partial charge on any atom is 0.240 e. The van der Waals surface area contributed by atoms with Crippen LogP contribution < -0.4 is 15.5 Å². The lowest BCUT2D eigenvalue weighted by Crippen LogP contribution is -2.57. The summed E-state index contributed by atoms with van der Waals surface area (Å²) in [5.41, 5.74) is 0.897. The second kappa shape index (κ2) is 10.00. The number of anilines is 2. The van der Waals surface area contributed by atoms with Crippen LogP contribution in [0, 0.1) is 0 Å². The third-order valence-electron chi connectivity index (χ3n) is 6.07. The highest BCUT2D eigenvalue weighted by Gasteiger charge is 2.33. The molecule has 2 saturated heterocycles. The largest absolute Gasteiger partial charge is 0.362 e. The molecule has 0 aliphatic carbocycles. The van der Waals surface area contributed by atoms with Crippen LogP contribution in [-0.4, -0.2) is 59.0 Å². The van der Waals surface area contributed by atoms with Gasteiger partial charge in [0, 0.05) is 35.7 Å². The fourth-order valence-electron chi connectivity index (χ4n) is 4.31. The van der Waals surface area contributed by atoms with Gasteiger partial charge in [0.25, 0.3) is 0 Å². The van der Waals surface area contributed by atoms with Crippen molar-refractivity contribution in [1.29, 1.82) is 0 Å². The van der Waals surface area contributed by atoms with E-state index in [1.165, 1.54) is 0 Å². The van der Waals surface area contributed by atoms with E-state index >= 15 is 0 Å². The maximum atomic E-state index is 12.8. The average Bonchev–Trinajstić information content (AvgIpc) is 3.29. The van der Waals surface area contributed by atoms with Crippen molar-refractivity contribution in [3.63, 3.8) is 0 Å². The Bertz CT molecular complexity index is 984. The Morgan fingerprint density at radius 1 is 1.25 bits per heavy atom. The molecule has 0 unspecified atom stereocenters. The number of rotatable bonds is 5. The van der Waals surface area contributed by atoms with E-state index in [-0.39, 0.29) is 24.0 Å². The van der Waals surface area contributed by atoms with Crippen LogP contribution in [0.1, 0.15) is 38.3 Å². The van der Waals surface area contributed by atoms with E-state index < -0.39 is 0 Å². The lowest BCUT2D eigenvalue weighted by atomic mass is 10.1. The minimum atomic E-state index is -0.132. The zero-order valence-corrected chi connectivity index (χ0v) is 20.4. The summed E-state index contributed by atoms with van der Waals surface area (Å²) in [5.74, 6) is 1.32. The number of carbonyl (C=O) groups excluding carboxylic acids is 1. The molecule has 32 heavy (non-hydrogen) atoms. The summed E-state index contributed by atoms with van der Waals surface area (Å²) in [4.78, 5) is 26.0. The molecule has 2 aliphatic heterocycles. The summed E-state index contributed by atoms with van der Waals surface area (Å²) in [7, 11) is 0. The second-order valence-corrected chi connectivity index (χ2v) is 9.62. The molecule has 1 amide bonds. The summed E-state index contributed by atoms with van der Waals surface area (Å²) in [6, 6.07) is 5.29. The quantitative estimate of drug-likeness (QED) is 0.638. The van der Waals surface area contributed by atoms with Gasteiger partial charge in [0.05, 0.1) is 18.3 Å². The van der Waals surface area contributed by atoms with Crippen molar-refractivity contribution in [1.82, 2.24) is 20.2 Å². The van der Waals surface area contributed by atoms with E-state index in [4.69, 9.17) is 34.8 Å². The first kappa shape index (κ1) is 23.4. The topological polar surface area (TPSA) is 73.4 Å². The first-order chi connectivity index (χ1) is 15.3. The number of nitrogens with zero attached hydrogens (tertiary/aromatic N) is 4. The standard InChI is InChI=1S/C22H27Cl3N6O/c1-13-12-30(8-9-31(13)21(32)19-4-3-7-26-19)22-27-11-18(25)20(29-22)28-14(2)16-6-5-15(23)10-17(16)24/h5-6,10-11,13-14,19,26H,3-4,7-9,12H2,1-2H3,(H,27,28,29)/t13-,14+,19+/m0/s1. The molecule has 2 aromatic rings. The zero-order valence-electron chi connectivity index (χ0n) is 18.1. The Hall–Kier alpha value is -1.80.